The van der Waals surface area contributed by atoms with Crippen molar-refractivity contribution in [2.45, 2.75) is 19.3 Å². The van der Waals surface area contributed by atoms with E-state index < -0.39 is 0 Å². The van der Waals surface area contributed by atoms with Gasteiger partial charge in [0.1, 0.15) is 5.82 Å². The molecule has 0 spiro atoms. The minimum absolute atomic E-state index is 0.0716. The van der Waals surface area contributed by atoms with Gasteiger partial charge in [0.15, 0.2) is 0 Å². The Bertz CT molecular complexity index is 338. The van der Waals surface area contributed by atoms with Crippen LogP contribution < -0.4 is 10.6 Å². The first kappa shape index (κ1) is 13.6. The molecule has 0 radical (unpaired) electrons. The zero-order valence-electron chi connectivity index (χ0n) is 10.1. The molecule has 0 fully saturated rings. The van der Waals surface area contributed by atoms with E-state index in [4.69, 9.17) is 0 Å². The highest BCUT2D eigenvalue weighted by molar-refractivity contribution is 5.75. The Labute approximate surface area is 101 Å². The fourth-order valence-electron chi connectivity index (χ4n) is 1.52. The van der Waals surface area contributed by atoms with Gasteiger partial charge in [-0.2, -0.15) is 0 Å². The molecule has 1 aromatic carbocycles. The molecule has 1 amide bonds. The van der Waals surface area contributed by atoms with Crippen LogP contribution in [-0.2, 0) is 11.2 Å². The van der Waals surface area contributed by atoms with Gasteiger partial charge < -0.3 is 10.6 Å². The van der Waals surface area contributed by atoms with Crippen molar-refractivity contribution in [1.29, 1.82) is 0 Å². The van der Waals surface area contributed by atoms with Gasteiger partial charge in [-0.15, -0.1) is 0 Å². The Morgan fingerprint density at radius 2 is 1.94 bits per heavy atom. The number of likely N-dealkylation sites (N-methyl/N-ethyl adjacent to an activating group) is 1. The molecule has 0 heterocycles. The molecule has 17 heavy (non-hydrogen) atoms. The summed E-state index contributed by atoms with van der Waals surface area (Å²) in [5.74, 6) is -0.152. The van der Waals surface area contributed by atoms with Crippen molar-refractivity contribution in [3.05, 3.63) is 35.6 Å². The molecule has 2 N–H and O–H groups in total. The lowest BCUT2D eigenvalue weighted by Gasteiger charge is -2.04. The van der Waals surface area contributed by atoms with E-state index >= 15 is 0 Å². The molecule has 0 saturated carbocycles. The normalized spacial score (nSPS) is 10.2. The molecule has 0 aromatic heterocycles. The maximum Gasteiger partial charge on any atom is 0.220 e. The van der Waals surface area contributed by atoms with E-state index in [2.05, 4.69) is 10.6 Å². The maximum atomic E-state index is 12.6. The summed E-state index contributed by atoms with van der Waals surface area (Å²) in [5, 5.41) is 5.78. The van der Waals surface area contributed by atoms with Gasteiger partial charge in [-0.05, 0) is 37.6 Å². The average Bonchev–Trinajstić information content (AvgIpc) is 2.32. The van der Waals surface area contributed by atoms with Gasteiger partial charge in [0.2, 0.25) is 5.91 Å². The summed E-state index contributed by atoms with van der Waals surface area (Å²) in [5.41, 5.74) is 1.06. The summed E-state index contributed by atoms with van der Waals surface area (Å²) < 4.78 is 12.6. The number of hydrogen-bond donors (Lipinski definition) is 2. The number of halogens is 1. The molecule has 0 saturated heterocycles. The third kappa shape index (κ3) is 6.02. The monoisotopic (exact) mass is 238 g/mol. The topological polar surface area (TPSA) is 41.1 Å². The summed E-state index contributed by atoms with van der Waals surface area (Å²) >= 11 is 0. The van der Waals surface area contributed by atoms with Crippen molar-refractivity contribution in [2.75, 3.05) is 20.1 Å². The van der Waals surface area contributed by atoms with Crippen LogP contribution in [0.1, 0.15) is 18.4 Å². The first-order valence-electron chi connectivity index (χ1n) is 5.88. The lowest BCUT2D eigenvalue weighted by Crippen LogP contribution is -2.30. The van der Waals surface area contributed by atoms with Gasteiger partial charge in [-0.3, -0.25) is 4.79 Å². The molecule has 0 bridgehead atoms. The van der Waals surface area contributed by atoms with Crippen LogP contribution in [0, 0.1) is 5.82 Å². The summed E-state index contributed by atoms with van der Waals surface area (Å²) in [4.78, 5) is 11.4. The second kappa shape index (κ2) is 7.79. The third-order valence-corrected chi connectivity index (χ3v) is 2.48. The Morgan fingerprint density at radius 3 is 2.59 bits per heavy atom. The predicted octanol–water partition coefficient (Wildman–Crippen LogP) is 1.48. The molecular weight excluding hydrogens is 219 g/mol. The van der Waals surface area contributed by atoms with Crippen LogP contribution in [0.25, 0.3) is 0 Å². The number of rotatable bonds is 7. The summed E-state index contributed by atoms with van der Waals surface area (Å²) in [6.07, 6.45) is 2.11. The van der Waals surface area contributed by atoms with Crippen molar-refractivity contribution in [2.24, 2.45) is 0 Å². The molecule has 0 atom stereocenters. The fourth-order valence-corrected chi connectivity index (χ4v) is 1.52. The first-order chi connectivity index (χ1) is 8.22. The Hall–Kier alpha value is -1.42. The molecule has 0 aliphatic heterocycles. The van der Waals surface area contributed by atoms with Gasteiger partial charge in [-0.25, -0.2) is 4.39 Å². The number of carbonyl (C=O) groups excluding carboxylic acids is 1. The summed E-state index contributed by atoms with van der Waals surface area (Å²) in [6.45, 7) is 1.44. The van der Waals surface area contributed by atoms with Gasteiger partial charge in [-0.1, -0.05) is 12.1 Å². The second-order valence-electron chi connectivity index (χ2n) is 3.93. The smallest absolute Gasteiger partial charge is 0.220 e. The highest BCUT2D eigenvalue weighted by atomic mass is 19.1. The number of amides is 1. The minimum atomic E-state index is -0.224. The van der Waals surface area contributed by atoms with Crippen molar-refractivity contribution in [3.63, 3.8) is 0 Å². The Morgan fingerprint density at radius 1 is 1.24 bits per heavy atom. The van der Waals surface area contributed by atoms with E-state index in [0.29, 0.717) is 13.0 Å². The van der Waals surface area contributed by atoms with Crippen LogP contribution in [-0.4, -0.2) is 26.0 Å². The predicted molar refractivity (Wildman–Crippen MR) is 66.3 cm³/mol. The molecule has 4 heteroatoms. The molecule has 0 unspecified atom stereocenters. The molecule has 1 rings (SSSR count). The van der Waals surface area contributed by atoms with Crippen LogP contribution in [0.3, 0.4) is 0 Å². The summed E-state index contributed by atoms with van der Waals surface area (Å²) in [6, 6.07) is 6.41. The van der Waals surface area contributed by atoms with E-state index in [1.165, 1.54) is 12.1 Å². The quantitative estimate of drug-likeness (QED) is 0.707. The number of carbonyl (C=O) groups is 1. The van der Waals surface area contributed by atoms with Gasteiger partial charge in [0.05, 0.1) is 0 Å². The number of hydrogen-bond acceptors (Lipinski definition) is 2. The van der Waals surface area contributed by atoms with Gasteiger partial charge in [0.25, 0.3) is 0 Å². The SMILES string of the molecule is CNCCNC(=O)CCCc1ccc(F)cc1. The Kier molecular flexibility index (Phi) is 6.25. The van der Waals surface area contributed by atoms with Crippen molar-refractivity contribution >= 4 is 5.91 Å². The van der Waals surface area contributed by atoms with Crippen LogP contribution >= 0.6 is 0 Å². The fraction of sp³-hybridized carbons (Fsp3) is 0.462. The number of nitrogens with one attached hydrogen (secondary N) is 2. The lowest BCUT2D eigenvalue weighted by molar-refractivity contribution is -0.121. The van der Waals surface area contributed by atoms with Crippen LogP contribution in [0.2, 0.25) is 0 Å². The van der Waals surface area contributed by atoms with Crippen molar-refractivity contribution < 1.29 is 9.18 Å². The second-order valence-corrected chi connectivity index (χ2v) is 3.93. The summed E-state index contributed by atoms with van der Waals surface area (Å²) in [7, 11) is 1.85. The maximum absolute atomic E-state index is 12.6. The molecule has 3 nitrogen and oxygen atoms in total. The van der Waals surface area contributed by atoms with Gasteiger partial charge >= 0.3 is 0 Å². The molecule has 94 valence electrons. The Balaban J connectivity index is 2.14. The largest absolute Gasteiger partial charge is 0.355 e. The molecule has 1 aromatic rings. The van der Waals surface area contributed by atoms with E-state index in [1.807, 2.05) is 7.05 Å². The highest BCUT2D eigenvalue weighted by Gasteiger charge is 2.00. The molecule has 0 aliphatic carbocycles. The minimum Gasteiger partial charge on any atom is -0.355 e. The van der Waals surface area contributed by atoms with Crippen LogP contribution in [0.5, 0.6) is 0 Å². The van der Waals surface area contributed by atoms with E-state index in [-0.39, 0.29) is 11.7 Å². The average molecular weight is 238 g/mol. The number of aryl methyl sites for hydroxylation is 1. The molecular formula is C13H19FN2O. The van der Waals surface area contributed by atoms with Crippen LogP contribution in [0.4, 0.5) is 4.39 Å². The standard InChI is InChI=1S/C13H19FN2O/c1-15-9-10-16-13(17)4-2-3-11-5-7-12(14)8-6-11/h5-8,15H,2-4,9-10H2,1H3,(H,16,17). The zero-order chi connectivity index (χ0) is 12.5. The van der Waals surface area contributed by atoms with Gasteiger partial charge in [0, 0.05) is 19.5 Å². The van der Waals surface area contributed by atoms with E-state index in [0.717, 1.165) is 24.9 Å². The third-order valence-electron chi connectivity index (χ3n) is 2.48. The molecule has 0 aliphatic rings. The van der Waals surface area contributed by atoms with E-state index in [1.54, 1.807) is 12.1 Å². The highest BCUT2D eigenvalue weighted by Crippen LogP contribution is 2.06. The van der Waals surface area contributed by atoms with Crippen molar-refractivity contribution in [3.8, 4) is 0 Å². The number of benzene rings is 1. The first-order valence-corrected chi connectivity index (χ1v) is 5.88. The lowest BCUT2D eigenvalue weighted by atomic mass is 10.1. The zero-order valence-corrected chi connectivity index (χ0v) is 10.1. The van der Waals surface area contributed by atoms with Crippen molar-refractivity contribution in [1.82, 2.24) is 10.6 Å². The van der Waals surface area contributed by atoms with E-state index in [9.17, 15) is 9.18 Å². The van der Waals surface area contributed by atoms with Crippen LogP contribution in [0.15, 0.2) is 24.3 Å².